The van der Waals surface area contributed by atoms with Gasteiger partial charge in [0.1, 0.15) is 12.2 Å². The quantitative estimate of drug-likeness (QED) is 0.829. The molecule has 0 saturated heterocycles. The second kappa shape index (κ2) is 7.47. The van der Waals surface area contributed by atoms with E-state index in [4.69, 9.17) is 0 Å². The van der Waals surface area contributed by atoms with Crippen LogP contribution in [0.15, 0.2) is 24.9 Å². The molecule has 7 heteroatoms. The monoisotopic (exact) mass is 288 g/mol. The smallest absolute Gasteiger partial charge is 0.220 e. The number of aromatic nitrogens is 5. The Morgan fingerprint density at radius 1 is 1.38 bits per heavy atom. The molecule has 0 unspecified atom stereocenters. The minimum atomic E-state index is -0.159. The second-order valence-electron chi connectivity index (χ2n) is 4.83. The van der Waals surface area contributed by atoms with Gasteiger partial charge in [0.05, 0.1) is 11.7 Å². The van der Waals surface area contributed by atoms with Crippen LogP contribution < -0.4 is 5.32 Å². The van der Waals surface area contributed by atoms with Crippen molar-refractivity contribution >= 4 is 5.91 Å². The van der Waals surface area contributed by atoms with Gasteiger partial charge in [-0.3, -0.25) is 14.8 Å². The van der Waals surface area contributed by atoms with Crippen LogP contribution in [0.1, 0.15) is 44.2 Å². The number of amides is 1. The summed E-state index contributed by atoms with van der Waals surface area (Å²) in [6.07, 6.45) is 8.37. The first-order valence-corrected chi connectivity index (χ1v) is 7.12. The van der Waals surface area contributed by atoms with E-state index < -0.39 is 0 Å². The maximum atomic E-state index is 12.0. The molecule has 1 N–H and O–H groups in total. The number of rotatable bonds is 7. The van der Waals surface area contributed by atoms with Crippen LogP contribution in [0.3, 0.4) is 0 Å². The third-order valence-electron chi connectivity index (χ3n) is 3.07. The van der Waals surface area contributed by atoms with E-state index in [1.807, 2.05) is 11.6 Å². The number of nitrogens with one attached hydrogen (secondary N) is 1. The SMILES string of the molecule is CCCn1ncnc1[C@H](C)NC(=O)CCc1cnccn1. The molecule has 2 aromatic heterocycles. The molecule has 2 aromatic rings. The molecule has 0 saturated carbocycles. The highest BCUT2D eigenvalue weighted by Crippen LogP contribution is 2.09. The van der Waals surface area contributed by atoms with Gasteiger partial charge in [-0.15, -0.1) is 0 Å². The highest BCUT2D eigenvalue weighted by Gasteiger charge is 2.15. The predicted molar refractivity (Wildman–Crippen MR) is 77.2 cm³/mol. The van der Waals surface area contributed by atoms with Gasteiger partial charge in [-0.2, -0.15) is 5.10 Å². The molecule has 0 aliphatic heterocycles. The van der Waals surface area contributed by atoms with Crippen molar-refractivity contribution in [3.05, 3.63) is 36.4 Å². The third kappa shape index (κ3) is 4.34. The van der Waals surface area contributed by atoms with Crippen LogP contribution in [0.25, 0.3) is 0 Å². The molecule has 7 nitrogen and oxygen atoms in total. The summed E-state index contributed by atoms with van der Waals surface area (Å²) in [7, 11) is 0. The Morgan fingerprint density at radius 2 is 2.24 bits per heavy atom. The Hall–Kier alpha value is -2.31. The Bertz CT molecular complexity index is 568. The van der Waals surface area contributed by atoms with Crippen molar-refractivity contribution in [2.45, 2.75) is 45.7 Å². The summed E-state index contributed by atoms with van der Waals surface area (Å²) in [6.45, 7) is 4.79. The van der Waals surface area contributed by atoms with E-state index in [9.17, 15) is 4.79 Å². The molecule has 0 spiro atoms. The zero-order valence-corrected chi connectivity index (χ0v) is 12.4. The summed E-state index contributed by atoms with van der Waals surface area (Å²) in [5.41, 5.74) is 0.814. The molecule has 0 radical (unpaired) electrons. The molecule has 1 amide bonds. The summed E-state index contributed by atoms with van der Waals surface area (Å²) >= 11 is 0. The van der Waals surface area contributed by atoms with Gasteiger partial charge >= 0.3 is 0 Å². The van der Waals surface area contributed by atoms with Crippen LogP contribution in [-0.2, 0) is 17.8 Å². The van der Waals surface area contributed by atoms with Crippen molar-refractivity contribution in [2.75, 3.05) is 0 Å². The van der Waals surface area contributed by atoms with Crippen molar-refractivity contribution in [3.63, 3.8) is 0 Å². The van der Waals surface area contributed by atoms with Crippen molar-refractivity contribution in [1.29, 1.82) is 0 Å². The summed E-state index contributed by atoms with van der Waals surface area (Å²) in [5.74, 6) is 0.754. The fourth-order valence-electron chi connectivity index (χ4n) is 2.07. The van der Waals surface area contributed by atoms with Crippen LogP contribution >= 0.6 is 0 Å². The Labute approximate surface area is 123 Å². The summed E-state index contributed by atoms with van der Waals surface area (Å²) in [4.78, 5) is 24.3. The maximum absolute atomic E-state index is 12.0. The van der Waals surface area contributed by atoms with Gasteiger partial charge in [0.15, 0.2) is 0 Å². The average Bonchev–Trinajstić information content (AvgIpc) is 2.95. The van der Waals surface area contributed by atoms with Gasteiger partial charge in [-0.05, 0) is 19.8 Å². The summed E-state index contributed by atoms with van der Waals surface area (Å²) < 4.78 is 1.83. The van der Waals surface area contributed by atoms with Crippen molar-refractivity contribution in [2.24, 2.45) is 0 Å². The lowest BCUT2D eigenvalue weighted by atomic mass is 10.2. The normalized spacial score (nSPS) is 12.1. The Morgan fingerprint density at radius 3 is 2.95 bits per heavy atom. The van der Waals surface area contributed by atoms with Crippen LogP contribution in [-0.4, -0.2) is 30.6 Å². The highest BCUT2D eigenvalue weighted by atomic mass is 16.1. The number of hydrogen-bond acceptors (Lipinski definition) is 5. The topological polar surface area (TPSA) is 85.6 Å². The molecule has 0 aliphatic carbocycles. The lowest BCUT2D eigenvalue weighted by Gasteiger charge is -2.14. The highest BCUT2D eigenvalue weighted by molar-refractivity contribution is 5.76. The number of nitrogens with zero attached hydrogens (tertiary/aromatic N) is 5. The molecule has 2 rings (SSSR count). The Kier molecular flexibility index (Phi) is 5.36. The standard InChI is InChI=1S/C14H20N6O/c1-3-8-20-14(17-10-18-20)11(2)19-13(21)5-4-12-9-15-6-7-16-12/h6-7,9-11H,3-5,8H2,1-2H3,(H,19,21)/t11-/m0/s1. The first-order chi connectivity index (χ1) is 10.2. The van der Waals surface area contributed by atoms with E-state index >= 15 is 0 Å². The molecular formula is C14H20N6O. The molecule has 0 aromatic carbocycles. The average molecular weight is 288 g/mol. The lowest BCUT2D eigenvalue weighted by molar-refractivity contribution is -0.121. The van der Waals surface area contributed by atoms with E-state index in [0.29, 0.717) is 12.8 Å². The van der Waals surface area contributed by atoms with Gasteiger partial charge in [-0.1, -0.05) is 6.92 Å². The van der Waals surface area contributed by atoms with E-state index in [1.165, 1.54) is 6.33 Å². The van der Waals surface area contributed by atoms with Crippen LogP contribution in [0.4, 0.5) is 0 Å². The number of carbonyl (C=O) groups is 1. The minimum Gasteiger partial charge on any atom is -0.346 e. The molecule has 2 heterocycles. The third-order valence-corrected chi connectivity index (χ3v) is 3.07. The summed E-state index contributed by atoms with van der Waals surface area (Å²) in [5, 5.41) is 7.10. The van der Waals surface area contributed by atoms with E-state index in [1.54, 1.807) is 18.6 Å². The van der Waals surface area contributed by atoms with Crippen molar-refractivity contribution in [3.8, 4) is 0 Å². The lowest BCUT2D eigenvalue weighted by Crippen LogP contribution is -2.29. The molecule has 0 fully saturated rings. The van der Waals surface area contributed by atoms with Crippen molar-refractivity contribution in [1.82, 2.24) is 30.0 Å². The molecule has 0 aliphatic rings. The van der Waals surface area contributed by atoms with Crippen LogP contribution in [0, 0.1) is 0 Å². The molecular weight excluding hydrogens is 268 g/mol. The first-order valence-electron chi connectivity index (χ1n) is 7.12. The van der Waals surface area contributed by atoms with E-state index in [2.05, 4.69) is 32.3 Å². The van der Waals surface area contributed by atoms with Gasteiger partial charge in [0, 0.05) is 31.6 Å². The van der Waals surface area contributed by atoms with Gasteiger partial charge in [0.25, 0.3) is 0 Å². The number of carbonyl (C=O) groups excluding carboxylic acids is 1. The predicted octanol–water partition coefficient (Wildman–Crippen LogP) is 1.29. The molecule has 1 atom stereocenters. The zero-order valence-electron chi connectivity index (χ0n) is 12.4. The second-order valence-corrected chi connectivity index (χ2v) is 4.83. The van der Waals surface area contributed by atoms with Crippen LogP contribution in [0.2, 0.25) is 0 Å². The first kappa shape index (κ1) is 15.1. The minimum absolute atomic E-state index is 0.0285. The molecule has 0 bridgehead atoms. The largest absolute Gasteiger partial charge is 0.346 e. The number of aryl methyl sites for hydroxylation is 2. The van der Waals surface area contributed by atoms with E-state index in [0.717, 1.165) is 24.5 Å². The fraction of sp³-hybridized carbons (Fsp3) is 0.500. The van der Waals surface area contributed by atoms with Gasteiger partial charge in [-0.25, -0.2) is 9.67 Å². The Balaban J connectivity index is 1.85. The molecule has 21 heavy (non-hydrogen) atoms. The van der Waals surface area contributed by atoms with Gasteiger partial charge in [0.2, 0.25) is 5.91 Å². The van der Waals surface area contributed by atoms with Crippen LogP contribution in [0.5, 0.6) is 0 Å². The van der Waals surface area contributed by atoms with Crippen molar-refractivity contribution < 1.29 is 4.79 Å². The molecule has 112 valence electrons. The number of hydrogen-bond donors (Lipinski definition) is 1. The maximum Gasteiger partial charge on any atom is 0.220 e. The fourth-order valence-corrected chi connectivity index (χ4v) is 2.07. The summed E-state index contributed by atoms with van der Waals surface area (Å²) in [6, 6.07) is -0.159. The van der Waals surface area contributed by atoms with E-state index in [-0.39, 0.29) is 11.9 Å². The van der Waals surface area contributed by atoms with Gasteiger partial charge < -0.3 is 5.32 Å². The zero-order chi connectivity index (χ0) is 15.1.